The molecule has 2 aromatic carbocycles. The molecular formula is C20H17F3N2O. The number of carbonyl (C=O) groups excluding carboxylic acids is 1. The van der Waals surface area contributed by atoms with Gasteiger partial charge >= 0.3 is 6.18 Å². The predicted octanol–water partition coefficient (Wildman–Crippen LogP) is 4.33. The second kappa shape index (κ2) is 8.34. The number of alkyl halides is 3. The molecule has 0 N–H and O–H groups in total. The summed E-state index contributed by atoms with van der Waals surface area (Å²) in [5.41, 5.74) is 1.05. The molecule has 0 bridgehead atoms. The standard InChI is InChI=1S/C20H17F3N2O/c1-2-10-25(14-17-5-3-4-16(11-17)13-24)19(26)12-15-6-8-18(9-7-15)20(21,22)23/h2-9,11H,1,10,12,14H2. The van der Waals surface area contributed by atoms with Gasteiger partial charge in [0.15, 0.2) is 0 Å². The maximum absolute atomic E-state index is 12.6. The Labute approximate surface area is 150 Å². The maximum Gasteiger partial charge on any atom is 0.416 e. The minimum Gasteiger partial charge on any atom is -0.334 e. The van der Waals surface area contributed by atoms with Gasteiger partial charge in [0.25, 0.3) is 0 Å². The Hall–Kier alpha value is -3.07. The van der Waals surface area contributed by atoms with Crippen LogP contribution in [0.15, 0.2) is 61.2 Å². The van der Waals surface area contributed by atoms with Gasteiger partial charge in [-0.25, -0.2) is 0 Å². The molecule has 0 aliphatic carbocycles. The average Bonchev–Trinajstić information content (AvgIpc) is 2.61. The van der Waals surface area contributed by atoms with Crippen molar-refractivity contribution in [1.29, 1.82) is 5.26 Å². The zero-order valence-corrected chi connectivity index (χ0v) is 14.0. The molecule has 134 valence electrons. The third-order valence-corrected chi connectivity index (χ3v) is 3.77. The number of benzene rings is 2. The summed E-state index contributed by atoms with van der Waals surface area (Å²) in [7, 11) is 0. The number of amides is 1. The largest absolute Gasteiger partial charge is 0.416 e. The Balaban J connectivity index is 2.10. The Morgan fingerprint density at radius 3 is 2.42 bits per heavy atom. The highest BCUT2D eigenvalue weighted by molar-refractivity contribution is 5.79. The van der Waals surface area contributed by atoms with Gasteiger partial charge in [-0.3, -0.25) is 4.79 Å². The number of rotatable bonds is 6. The molecule has 26 heavy (non-hydrogen) atoms. The number of carbonyl (C=O) groups is 1. The van der Waals surface area contributed by atoms with Gasteiger partial charge in [0.05, 0.1) is 23.6 Å². The van der Waals surface area contributed by atoms with Crippen LogP contribution in [0.1, 0.15) is 22.3 Å². The molecular weight excluding hydrogens is 341 g/mol. The summed E-state index contributed by atoms with van der Waals surface area (Å²) in [6.07, 6.45) is -2.83. The van der Waals surface area contributed by atoms with E-state index in [9.17, 15) is 18.0 Å². The van der Waals surface area contributed by atoms with Crippen molar-refractivity contribution in [3.05, 3.63) is 83.4 Å². The molecule has 0 radical (unpaired) electrons. The van der Waals surface area contributed by atoms with Gasteiger partial charge in [0.1, 0.15) is 0 Å². The quantitative estimate of drug-likeness (QED) is 0.721. The van der Waals surface area contributed by atoms with Gasteiger partial charge in [-0.1, -0.05) is 30.3 Å². The summed E-state index contributed by atoms with van der Waals surface area (Å²) in [5, 5.41) is 8.96. The van der Waals surface area contributed by atoms with E-state index in [0.717, 1.165) is 17.7 Å². The van der Waals surface area contributed by atoms with Crippen molar-refractivity contribution in [1.82, 2.24) is 4.90 Å². The third-order valence-electron chi connectivity index (χ3n) is 3.77. The van der Waals surface area contributed by atoms with Gasteiger partial charge in [-0.15, -0.1) is 6.58 Å². The monoisotopic (exact) mass is 358 g/mol. The number of hydrogen-bond donors (Lipinski definition) is 0. The van der Waals surface area contributed by atoms with Crippen LogP contribution in [0, 0.1) is 11.3 Å². The molecule has 0 atom stereocenters. The summed E-state index contributed by atoms with van der Waals surface area (Å²) >= 11 is 0. The topological polar surface area (TPSA) is 44.1 Å². The fourth-order valence-electron chi connectivity index (χ4n) is 2.47. The molecule has 0 saturated heterocycles. The zero-order chi connectivity index (χ0) is 19.2. The lowest BCUT2D eigenvalue weighted by molar-refractivity contribution is -0.137. The summed E-state index contributed by atoms with van der Waals surface area (Å²) in [4.78, 5) is 14.1. The number of nitrogens with zero attached hydrogens (tertiary/aromatic N) is 2. The van der Waals surface area contributed by atoms with Crippen molar-refractivity contribution < 1.29 is 18.0 Å². The number of halogens is 3. The summed E-state index contributed by atoms with van der Waals surface area (Å²) in [6.45, 7) is 4.23. The number of hydrogen-bond acceptors (Lipinski definition) is 2. The highest BCUT2D eigenvalue weighted by Gasteiger charge is 2.30. The van der Waals surface area contributed by atoms with Crippen molar-refractivity contribution in [2.45, 2.75) is 19.1 Å². The lowest BCUT2D eigenvalue weighted by Crippen LogP contribution is -2.32. The van der Waals surface area contributed by atoms with Crippen molar-refractivity contribution >= 4 is 5.91 Å². The zero-order valence-electron chi connectivity index (χ0n) is 14.0. The minimum atomic E-state index is -4.40. The van der Waals surface area contributed by atoms with E-state index >= 15 is 0 Å². The lowest BCUT2D eigenvalue weighted by Gasteiger charge is -2.21. The van der Waals surface area contributed by atoms with E-state index < -0.39 is 11.7 Å². The van der Waals surface area contributed by atoms with E-state index in [4.69, 9.17) is 5.26 Å². The molecule has 3 nitrogen and oxygen atoms in total. The normalized spacial score (nSPS) is 10.8. The first-order valence-electron chi connectivity index (χ1n) is 7.87. The van der Waals surface area contributed by atoms with Crippen molar-refractivity contribution in [3.8, 4) is 6.07 Å². The molecule has 0 aromatic heterocycles. The highest BCUT2D eigenvalue weighted by Crippen LogP contribution is 2.29. The van der Waals surface area contributed by atoms with Crippen LogP contribution in [0.3, 0.4) is 0 Å². The van der Waals surface area contributed by atoms with Crippen LogP contribution >= 0.6 is 0 Å². The van der Waals surface area contributed by atoms with Crippen molar-refractivity contribution in [2.75, 3.05) is 6.54 Å². The number of nitriles is 1. The third kappa shape index (κ3) is 5.21. The van der Waals surface area contributed by atoms with E-state index in [0.29, 0.717) is 24.2 Å². The summed E-state index contributed by atoms with van der Waals surface area (Å²) < 4.78 is 37.8. The van der Waals surface area contributed by atoms with Gasteiger partial charge < -0.3 is 4.90 Å². The molecule has 0 unspecified atom stereocenters. The van der Waals surface area contributed by atoms with Crippen LogP contribution in [0.4, 0.5) is 13.2 Å². The fourth-order valence-corrected chi connectivity index (χ4v) is 2.47. The molecule has 6 heteroatoms. The maximum atomic E-state index is 12.6. The van der Waals surface area contributed by atoms with Gasteiger partial charge in [-0.05, 0) is 35.4 Å². The Bertz CT molecular complexity index is 820. The van der Waals surface area contributed by atoms with E-state index in [1.807, 2.05) is 12.1 Å². The van der Waals surface area contributed by atoms with Gasteiger partial charge in [0, 0.05) is 13.1 Å². The lowest BCUT2D eigenvalue weighted by atomic mass is 10.1. The van der Waals surface area contributed by atoms with Crippen LogP contribution in [0.2, 0.25) is 0 Å². The van der Waals surface area contributed by atoms with E-state index in [1.165, 1.54) is 12.1 Å². The Kier molecular flexibility index (Phi) is 6.18. The molecule has 0 heterocycles. The molecule has 0 fully saturated rings. The first kappa shape index (κ1) is 19.3. The Morgan fingerprint density at radius 1 is 1.15 bits per heavy atom. The van der Waals surface area contributed by atoms with Crippen LogP contribution in [0.5, 0.6) is 0 Å². The second-order valence-corrected chi connectivity index (χ2v) is 5.75. The Morgan fingerprint density at radius 2 is 1.85 bits per heavy atom. The molecule has 0 aliphatic heterocycles. The molecule has 0 aliphatic rings. The molecule has 2 rings (SSSR count). The SMILES string of the molecule is C=CCN(Cc1cccc(C#N)c1)C(=O)Cc1ccc(C(F)(F)F)cc1. The minimum absolute atomic E-state index is 0.0100. The highest BCUT2D eigenvalue weighted by atomic mass is 19.4. The van der Waals surface area contributed by atoms with Crippen LogP contribution in [-0.2, 0) is 23.9 Å². The van der Waals surface area contributed by atoms with Crippen molar-refractivity contribution in [3.63, 3.8) is 0 Å². The second-order valence-electron chi connectivity index (χ2n) is 5.75. The van der Waals surface area contributed by atoms with Crippen molar-refractivity contribution in [2.24, 2.45) is 0 Å². The summed E-state index contributed by atoms with van der Waals surface area (Å²) in [6, 6.07) is 13.5. The fraction of sp³-hybridized carbons (Fsp3) is 0.200. The van der Waals surface area contributed by atoms with E-state index in [2.05, 4.69) is 6.58 Å². The van der Waals surface area contributed by atoms with Crippen LogP contribution < -0.4 is 0 Å². The molecule has 0 saturated carbocycles. The first-order valence-corrected chi connectivity index (χ1v) is 7.87. The van der Waals surface area contributed by atoms with Gasteiger partial charge in [0.2, 0.25) is 5.91 Å². The molecule has 1 amide bonds. The van der Waals surface area contributed by atoms with E-state index in [1.54, 1.807) is 29.2 Å². The first-order chi connectivity index (χ1) is 12.3. The van der Waals surface area contributed by atoms with Crippen LogP contribution in [-0.4, -0.2) is 17.4 Å². The average molecular weight is 358 g/mol. The predicted molar refractivity (Wildman–Crippen MR) is 91.9 cm³/mol. The molecule has 0 spiro atoms. The summed E-state index contributed by atoms with van der Waals surface area (Å²) in [5.74, 6) is -0.230. The van der Waals surface area contributed by atoms with Gasteiger partial charge in [-0.2, -0.15) is 18.4 Å². The molecule has 2 aromatic rings. The smallest absolute Gasteiger partial charge is 0.334 e. The van der Waals surface area contributed by atoms with Crippen LogP contribution in [0.25, 0.3) is 0 Å². The van der Waals surface area contributed by atoms with E-state index in [-0.39, 0.29) is 12.3 Å².